The van der Waals surface area contributed by atoms with Crippen LogP contribution in [0.15, 0.2) is 18.2 Å². The van der Waals surface area contributed by atoms with Crippen molar-refractivity contribution in [3.05, 3.63) is 33.9 Å². The van der Waals surface area contributed by atoms with E-state index < -0.39 is 24.8 Å². The molecule has 0 unspecified atom stereocenters. The van der Waals surface area contributed by atoms with Crippen molar-refractivity contribution in [1.29, 1.82) is 0 Å². The number of hydrogen-bond acceptors (Lipinski definition) is 7. The summed E-state index contributed by atoms with van der Waals surface area (Å²) in [7, 11) is 0. The minimum atomic E-state index is -1.09. The standard InChI is InChI=1S/C13H17NO7/c15-7-20-13(21-8-16)10-3-4-12(11(5-10)14(17)18)19-6-9-1-2-9/h3-5,9,13,15-16H,1-2,6-8H2. The SMILES string of the molecule is O=[N+]([O-])c1cc(C(OCO)OCO)ccc1OCC1CC1. The first-order chi connectivity index (χ1) is 10.2. The topological polar surface area (TPSA) is 111 Å². The number of rotatable bonds is 9. The first-order valence-corrected chi connectivity index (χ1v) is 6.51. The van der Waals surface area contributed by atoms with Gasteiger partial charge in [-0.25, -0.2) is 0 Å². The molecule has 21 heavy (non-hydrogen) atoms. The Morgan fingerprint density at radius 2 is 1.95 bits per heavy atom. The van der Waals surface area contributed by atoms with Gasteiger partial charge >= 0.3 is 5.69 Å². The third-order valence-electron chi connectivity index (χ3n) is 3.08. The van der Waals surface area contributed by atoms with Crippen LogP contribution in [-0.4, -0.2) is 35.3 Å². The van der Waals surface area contributed by atoms with Crippen molar-refractivity contribution in [2.24, 2.45) is 5.92 Å². The van der Waals surface area contributed by atoms with Gasteiger partial charge in [0.15, 0.2) is 12.0 Å². The lowest BCUT2D eigenvalue weighted by Gasteiger charge is -2.16. The Morgan fingerprint density at radius 1 is 1.29 bits per heavy atom. The molecule has 0 atom stereocenters. The van der Waals surface area contributed by atoms with Crippen LogP contribution in [0.3, 0.4) is 0 Å². The van der Waals surface area contributed by atoms with Gasteiger partial charge < -0.3 is 24.4 Å². The normalized spacial score (nSPS) is 14.4. The quantitative estimate of drug-likeness (QED) is 0.402. The Bertz CT molecular complexity index is 483. The van der Waals surface area contributed by atoms with Crippen molar-refractivity contribution in [2.75, 3.05) is 20.2 Å². The molecular weight excluding hydrogens is 282 g/mol. The summed E-state index contributed by atoms with van der Waals surface area (Å²) < 4.78 is 15.2. The molecule has 1 aliphatic rings. The first-order valence-electron chi connectivity index (χ1n) is 6.51. The van der Waals surface area contributed by atoms with Gasteiger partial charge in [-0.1, -0.05) is 0 Å². The average molecular weight is 299 g/mol. The molecule has 0 bridgehead atoms. The number of aliphatic hydroxyl groups excluding tert-OH is 2. The Morgan fingerprint density at radius 3 is 2.48 bits per heavy atom. The minimum Gasteiger partial charge on any atom is -0.487 e. The van der Waals surface area contributed by atoms with Crippen molar-refractivity contribution in [1.82, 2.24) is 0 Å². The van der Waals surface area contributed by atoms with E-state index in [2.05, 4.69) is 0 Å². The summed E-state index contributed by atoms with van der Waals surface area (Å²) in [5.41, 5.74) is 0.102. The molecule has 0 radical (unpaired) electrons. The molecular formula is C13H17NO7. The van der Waals surface area contributed by atoms with Crippen LogP contribution in [-0.2, 0) is 9.47 Å². The third-order valence-corrected chi connectivity index (χ3v) is 3.08. The molecule has 0 amide bonds. The van der Waals surface area contributed by atoms with Gasteiger partial charge in [-0.15, -0.1) is 0 Å². The summed E-state index contributed by atoms with van der Waals surface area (Å²) in [4.78, 5) is 10.6. The highest BCUT2D eigenvalue weighted by atomic mass is 16.7. The predicted octanol–water partition coefficient (Wildman–Crippen LogP) is 1.31. The number of nitro benzene ring substituents is 1. The van der Waals surface area contributed by atoms with Gasteiger partial charge in [-0.2, -0.15) is 0 Å². The molecule has 116 valence electrons. The Balaban J connectivity index is 2.18. The van der Waals surface area contributed by atoms with E-state index in [-0.39, 0.29) is 11.4 Å². The van der Waals surface area contributed by atoms with Crippen LogP contribution in [0.2, 0.25) is 0 Å². The smallest absolute Gasteiger partial charge is 0.311 e. The lowest BCUT2D eigenvalue weighted by molar-refractivity contribution is -0.386. The van der Waals surface area contributed by atoms with E-state index in [0.29, 0.717) is 18.1 Å². The Hall–Kier alpha value is -1.74. The number of nitro groups is 1. The van der Waals surface area contributed by atoms with Gasteiger partial charge in [0.25, 0.3) is 0 Å². The van der Waals surface area contributed by atoms with Crippen LogP contribution >= 0.6 is 0 Å². The zero-order valence-electron chi connectivity index (χ0n) is 11.3. The maximum Gasteiger partial charge on any atom is 0.311 e. The van der Waals surface area contributed by atoms with Crippen molar-refractivity contribution < 1.29 is 29.3 Å². The van der Waals surface area contributed by atoms with Crippen LogP contribution in [0.4, 0.5) is 5.69 Å². The summed E-state index contributed by atoms with van der Waals surface area (Å²) in [6.07, 6.45) is 1.09. The zero-order valence-corrected chi connectivity index (χ0v) is 11.3. The molecule has 8 nitrogen and oxygen atoms in total. The molecule has 0 spiro atoms. The van der Waals surface area contributed by atoms with Gasteiger partial charge in [0.1, 0.15) is 13.6 Å². The second-order valence-corrected chi connectivity index (χ2v) is 4.66. The molecule has 0 heterocycles. The van der Waals surface area contributed by atoms with E-state index in [1.165, 1.54) is 18.2 Å². The van der Waals surface area contributed by atoms with E-state index in [0.717, 1.165) is 12.8 Å². The van der Waals surface area contributed by atoms with E-state index >= 15 is 0 Å². The van der Waals surface area contributed by atoms with E-state index in [1.54, 1.807) is 0 Å². The molecule has 1 aliphatic carbocycles. The van der Waals surface area contributed by atoms with Gasteiger partial charge in [-0.3, -0.25) is 10.1 Å². The third kappa shape index (κ3) is 4.36. The average Bonchev–Trinajstić information content (AvgIpc) is 3.29. The number of benzene rings is 1. The molecule has 2 rings (SSSR count). The molecule has 1 fully saturated rings. The van der Waals surface area contributed by atoms with Crippen molar-refractivity contribution in [3.63, 3.8) is 0 Å². The van der Waals surface area contributed by atoms with Crippen LogP contribution in [0.25, 0.3) is 0 Å². The maximum atomic E-state index is 11.1. The maximum absolute atomic E-state index is 11.1. The molecule has 2 N–H and O–H groups in total. The molecule has 1 saturated carbocycles. The fourth-order valence-corrected chi connectivity index (χ4v) is 1.81. The largest absolute Gasteiger partial charge is 0.487 e. The van der Waals surface area contributed by atoms with Gasteiger partial charge in [0, 0.05) is 11.6 Å². The zero-order chi connectivity index (χ0) is 15.2. The molecule has 0 aromatic heterocycles. The van der Waals surface area contributed by atoms with Crippen LogP contribution in [0, 0.1) is 16.0 Å². The lowest BCUT2D eigenvalue weighted by Crippen LogP contribution is -2.11. The number of ether oxygens (including phenoxy) is 3. The van der Waals surface area contributed by atoms with E-state index in [1.807, 2.05) is 0 Å². The molecule has 1 aromatic carbocycles. The van der Waals surface area contributed by atoms with Gasteiger partial charge in [0.05, 0.1) is 11.5 Å². The summed E-state index contributed by atoms with van der Waals surface area (Å²) in [6.45, 7) is -0.819. The second kappa shape index (κ2) is 7.32. The van der Waals surface area contributed by atoms with Crippen molar-refractivity contribution in [3.8, 4) is 5.75 Å². The second-order valence-electron chi connectivity index (χ2n) is 4.66. The fourth-order valence-electron chi connectivity index (χ4n) is 1.81. The summed E-state index contributed by atoms with van der Waals surface area (Å²) >= 11 is 0. The summed E-state index contributed by atoms with van der Waals surface area (Å²) in [5, 5.41) is 28.7. The number of hydrogen-bond donors (Lipinski definition) is 2. The molecule has 0 saturated heterocycles. The van der Waals surface area contributed by atoms with Gasteiger partial charge in [0.2, 0.25) is 0 Å². The van der Waals surface area contributed by atoms with Crippen molar-refractivity contribution >= 4 is 5.69 Å². The molecule has 8 heteroatoms. The van der Waals surface area contributed by atoms with Crippen LogP contribution in [0.5, 0.6) is 5.75 Å². The van der Waals surface area contributed by atoms with Gasteiger partial charge in [-0.05, 0) is 30.9 Å². The highest BCUT2D eigenvalue weighted by molar-refractivity contribution is 5.49. The van der Waals surface area contributed by atoms with E-state index in [9.17, 15) is 10.1 Å². The minimum absolute atomic E-state index is 0.183. The molecule has 1 aromatic rings. The van der Waals surface area contributed by atoms with E-state index in [4.69, 9.17) is 24.4 Å². The lowest BCUT2D eigenvalue weighted by atomic mass is 10.2. The Labute approximate surface area is 121 Å². The summed E-state index contributed by atoms with van der Waals surface area (Å²) in [6, 6.07) is 4.24. The Kier molecular flexibility index (Phi) is 5.45. The highest BCUT2D eigenvalue weighted by Crippen LogP contribution is 2.34. The molecule has 0 aliphatic heterocycles. The number of aliphatic hydroxyl groups is 2. The number of nitrogens with zero attached hydrogens (tertiary/aromatic N) is 1. The first kappa shape index (κ1) is 15.6. The fraction of sp³-hybridized carbons (Fsp3) is 0.538. The van der Waals surface area contributed by atoms with Crippen LogP contribution < -0.4 is 4.74 Å². The van der Waals surface area contributed by atoms with Crippen LogP contribution in [0.1, 0.15) is 24.7 Å². The monoisotopic (exact) mass is 299 g/mol. The summed E-state index contributed by atoms with van der Waals surface area (Å²) in [5.74, 6) is 0.662. The predicted molar refractivity (Wildman–Crippen MR) is 70.4 cm³/mol. The highest BCUT2D eigenvalue weighted by Gasteiger charge is 2.25. The van der Waals surface area contributed by atoms with Crippen molar-refractivity contribution in [2.45, 2.75) is 19.1 Å².